The Morgan fingerprint density at radius 2 is 1.65 bits per heavy atom. The zero-order chi connectivity index (χ0) is 22.4. The summed E-state index contributed by atoms with van der Waals surface area (Å²) in [6.07, 6.45) is 0. The maximum Gasteiger partial charge on any atom is 0.264 e. The van der Waals surface area contributed by atoms with Crippen molar-refractivity contribution in [1.82, 2.24) is 0 Å². The lowest BCUT2D eigenvalue weighted by Crippen LogP contribution is -2.31. The van der Waals surface area contributed by atoms with Crippen molar-refractivity contribution in [2.24, 2.45) is 0 Å². The number of sulfonamides is 1. The highest BCUT2D eigenvalue weighted by atomic mass is 32.2. The summed E-state index contributed by atoms with van der Waals surface area (Å²) >= 11 is 0. The van der Waals surface area contributed by atoms with Crippen molar-refractivity contribution >= 4 is 27.3 Å². The molecule has 0 aliphatic carbocycles. The highest BCUT2D eigenvalue weighted by Crippen LogP contribution is 2.28. The first-order chi connectivity index (χ1) is 14.9. The van der Waals surface area contributed by atoms with Crippen LogP contribution in [0.15, 0.2) is 77.7 Å². The number of carbonyl (C=O) groups is 1. The van der Waals surface area contributed by atoms with Crippen LogP contribution in [-0.2, 0) is 10.0 Å². The molecule has 0 aliphatic heterocycles. The van der Waals surface area contributed by atoms with Crippen LogP contribution in [0, 0.1) is 6.92 Å². The Morgan fingerprint density at radius 3 is 2.32 bits per heavy atom. The molecular formula is C24H26N2O4S. The van der Waals surface area contributed by atoms with Gasteiger partial charge in [-0.3, -0.25) is 9.10 Å². The summed E-state index contributed by atoms with van der Waals surface area (Å²) in [7, 11) is -3.85. The molecule has 0 saturated heterocycles. The number of hydrogen-bond donors (Lipinski definition) is 1. The third-order valence-electron chi connectivity index (χ3n) is 4.78. The molecule has 7 heteroatoms. The first-order valence-corrected chi connectivity index (χ1v) is 11.5. The first-order valence-electron chi connectivity index (χ1n) is 10.1. The lowest BCUT2D eigenvalue weighted by Gasteiger charge is -2.24. The van der Waals surface area contributed by atoms with Crippen LogP contribution in [0.4, 0.5) is 11.4 Å². The number of carbonyl (C=O) groups excluding carboxylic acids is 1. The summed E-state index contributed by atoms with van der Waals surface area (Å²) in [6.45, 7) is 6.09. The third-order valence-corrected chi connectivity index (χ3v) is 6.83. The van der Waals surface area contributed by atoms with E-state index in [1.54, 1.807) is 68.4 Å². The minimum atomic E-state index is -3.85. The van der Waals surface area contributed by atoms with Gasteiger partial charge in [0.1, 0.15) is 5.75 Å². The lowest BCUT2D eigenvalue weighted by molar-refractivity contribution is 0.102. The van der Waals surface area contributed by atoms with Crippen LogP contribution in [0.3, 0.4) is 0 Å². The van der Waals surface area contributed by atoms with E-state index in [-0.39, 0.29) is 17.0 Å². The van der Waals surface area contributed by atoms with Gasteiger partial charge in [-0.25, -0.2) is 8.42 Å². The summed E-state index contributed by atoms with van der Waals surface area (Å²) in [6, 6.07) is 20.7. The van der Waals surface area contributed by atoms with E-state index in [9.17, 15) is 13.2 Å². The van der Waals surface area contributed by atoms with Crippen molar-refractivity contribution in [1.29, 1.82) is 0 Å². The van der Waals surface area contributed by atoms with Gasteiger partial charge in [-0.15, -0.1) is 0 Å². The number of benzene rings is 3. The number of nitrogens with zero attached hydrogens (tertiary/aromatic N) is 1. The van der Waals surface area contributed by atoms with Crippen LogP contribution in [0.1, 0.15) is 29.8 Å². The summed E-state index contributed by atoms with van der Waals surface area (Å²) in [5, 5.41) is 2.81. The van der Waals surface area contributed by atoms with Crippen molar-refractivity contribution in [3.8, 4) is 5.75 Å². The molecule has 0 saturated carbocycles. The zero-order valence-corrected chi connectivity index (χ0v) is 18.6. The summed E-state index contributed by atoms with van der Waals surface area (Å²) < 4.78 is 33.7. The average Bonchev–Trinajstić information content (AvgIpc) is 2.76. The van der Waals surface area contributed by atoms with Crippen molar-refractivity contribution < 1.29 is 17.9 Å². The Balaban J connectivity index is 1.95. The fourth-order valence-corrected chi connectivity index (χ4v) is 5.00. The van der Waals surface area contributed by atoms with Gasteiger partial charge in [0.25, 0.3) is 15.9 Å². The Labute approximate surface area is 183 Å². The molecule has 3 aromatic carbocycles. The molecule has 0 spiro atoms. The first kappa shape index (κ1) is 22.4. The van der Waals surface area contributed by atoms with E-state index in [0.717, 1.165) is 0 Å². The normalized spacial score (nSPS) is 11.1. The topological polar surface area (TPSA) is 75.7 Å². The molecule has 3 aromatic rings. The molecule has 162 valence electrons. The Morgan fingerprint density at radius 1 is 0.968 bits per heavy atom. The molecule has 0 bridgehead atoms. The molecule has 0 aromatic heterocycles. The van der Waals surface area contributed by atoms with Gasteiger partial charge in [-0.2, -0.15) is 0 Å². The largest absolute Gasteiger partial charge is 0.492 e. The van der Waals surface area contributed by atoms with E-state index in [0.29, 0.717) is 29.3 Å². The van der Waals surface area contributed by atoms with Crippen molar-refractivity contribution in [3.63, 3.8) is 0 Å². The molecular weight excluding hydrogens is 412 g/mol. The Hall–Kier alpha value is -3.32. The summed E-state index contributed by atoms with van der Waals surface area (Å²) in [5.74, 6) is 0.144. The van der Waals surface area contributed by atoms with Crippen LogP contribution in [0.25, 0.3) is 0 Å². The van der Waals surface area contributed by atoms with E-state index in [4.69, 9.17) is 4.74 Å². The highest BCUT2D eigenvalue weighted by molar-refractivity contribution is 7.92. The van der Waals surface area contributed by atoms with Crippen molar-refractivity contribution in [2.75, 3.05) is 22.8 Å². The zero-order valence-electron chi connectivity index (χ0n) is 17.8. The number of para-hydroxylation sites is 3. The number of rotatable bonds is 8. The van der Waals surface area contributed by atoms with Gasteiger partial charge in [0.2, 0.25) is 0 Å². The van der Waals surface area contributed by atoms with Gasteiger partial charge in [0.15, 0.2) is 0 Å². The third kappa shape index (κ3) is 4.88. The molecule has 6 nitrogen and oxygen atoms in total. The molecule has 0 aliphatic rings. The quantitative estimate of drug-likeness (QED) is 0.545. The molecule has 0 radical (unpaired) electrons. The molecule has 31 heavy (non-hydrogen) atoms. The van der Waals surface area contributed by atoms with Crippen LogP contribution >= 0.6 is 0 Å². The van der Waals surface area contributed by atoms with Crippen LogP contribution in [-0.4, -0.2) is 27.5 Å². The summed E-state index contributed by atoms with van der Waals surface area (Å²) in [5.41, 5.74) is 1.92. The predicted molar refractivity (Wildman–Crippen MR) is 123 cm³/mol. The fraction of sp³-hybridized carbons (Fsp3) is 0.208. The second kappa shape index (κ2) is 9.66. The van der Waals surface area contributed by atoms with Crippen molar-refractivity contribution in [3.05, 3.63) is 83.9 Å². The number of hydrogen-bond acceptors (Lipinski definition) is 4. The standard InChI is InChI=1S/C24H26N2O4S/c1-4-26(20-11-7-6-8-12-20)31(28,29)23-17-19(16-15-18(23)3)24(27)25-21-13-9-10-14-22(21)30-5-2/h6-17H,4-5H2,1-3H3,(H,25,27). The average molecular weight is 439 g/mol. The van der Waals surface area contributed by atoms with Crippen LogP contribution < -0.4 is 14.4 Å². The van der Waals surface area contributed by atoms with Gasteiger partial charge in [-0.1, -0.05) is 36.4 Å². The summed E-state index contributed by atoms with van der Waals surface area (Å²) in [4.78, 5) is 13.0. The number of aryl methyl sites for hydroxylation is 1. The minimum absolute atomic E-state index is 0.101. The van der Waals surface area contributed by atoms with Gasteiger partial charge >= 0.3 is 0 Å². The Bertz CT molecular complexity index is 1160. The molecule has 0 unspecified atom stereocenters. The van der Waals surface area contributed by atoms with E-state index in [2.05, 4.69) is 5.32 Å². The van der Waals surface area contributed by atoms with E-state index in [1.807, 2.05) is 19.1 Å². The maximum atomic E-state index is 13.4. The lowest BCUT2D eigenvalue weighted by atomic mass is 10.1. The number of anilines is 2. The number of amides is 1. The highest BCUT2D eigenvalue weighted by Gasteiger charge is 2.26. The second-order valence-electron chi connectivity index (χ2n) is 6.87. The van der Waals surface area contributed by atoms with E-state index < -0.39 is 15.9 Å². The van der Waals surface area contributed by atoms with E-state index >= 15 is 0 Å². The van der Waals surface area contributed by atoms with Gasteiger partial charge < -0.3 is 10.1 Å². The predicted octanol–water partition coefficient (Wildman–Crippen LogP) is 4.86. The number of nitrogens with one attached hydrogen (secondary N) is 1. The second-order valence-corrected chi connectivity index (χ2v) is 8.70. The molecule has 1 N–H and O–H groups in total. The SMILES string of the molecule is CCOc1ccccc1NC(=O)c1ccc(C)c(S(=O)(=O)N(CC)c2ccccc2)c1. The smallest absolute Gasteiger partial charge is 0.264 e. The van der Waals surface area contributed by atoms with Gasteiger partial charge in [0.05, 0.1) is 22.9 Å². The monoisotopic (exact) mass is 438 g/mol. The molecule has 1 amide bonds. The molecule has 3 rings (SSSR count). The Kier molecular flexibility index (Phi) is 6.97. The van der Waals surface area contributed by atoms with Crippen molar-refractivity contribution in [2.45, 2.75) is 25.7 Å². The molecule has 0 fully saturated rings. The fourth-order valence-electron chi connectivity index (χ4n) is 3.27. The van der Waals surface area contributed by atoms with Gasteiger partial charge in [-0.05, 0) is 62.7 Å². The molecule has 0 atom stereocenters. The van der Waals surface area contributed by atoms with Crippen LogP contribution in [0.2, 0.25) is 0 Å². The number of ether oxygens (including phenoxy) is 1. The van der Waals surface area contributed by atoms with Crippen LogP contribution in [0.5, 0.6) is 5.75 Å². The maximum absolute atomic E-state index is 13.4. The van der Waals surface area contributed by atoms with Gasteiger partial charge in [0, 0.05) is 12.1 Å². The molecule has 0 heterocycles. The van der Waals surface area contributed by atoms with E-state index in [1.165, 1.54) is 10.4 Å². The minimum Gasteiger partial charge on any atom is -0.492 e.